The monoisotopic (exact) mass is 285 g/mol. The topological polar surface area (TPSA) is 67.6 Å². The van der Waals surface area contributed by atoms with Gasteiger partial charge in [-0.2, -0.15) is 0 Å². The van der Waals surface area contributed by atoms with E-state index < -0.39 is 0 Å². The van der Waals surface area contributed by atoms with Crippen molar-refractivity contribution in [2.24, 2.45) is 5.84 Å². The molecule has 0 atom stereocenters. The number of carbonyl (C=O) groups excluding carboxylic acids is 1. The fourth-order valence-corrected chi connectivity index (χ4v) is 2.19. The molecule has 3 N–H and O–H groups in total. The molecule has 5 nitrogen and oxygen atoms in total. The zero-order valence-corrected chi connectivity index (χ0v) is 12.4. The number of benzene rings is 2. The fraction of sp³-hybridized carbons (Fsp3) is 0.188. The molecular weight excluding hydrogens is 266 g/mol. The van der Waals surface area contributed by atoms with Crippen LogP contribution in [0.15, 0.2) is 42.5 Å². The van der Waals surface area contributed by atoms with Crippen molar-refractivity contribution < 1.29 is 9.53 Å². The molecule has 0 spiro atoms. The quantitative estimate of drug-likeness (QED) is 0.669. The number of amides is 1. The van der Waals surface area contributed by atoms with Gasteiger partial charge in [-0.15, -0.1) is 0 Å². The first-order valence-corrected chi connectivity index (χ1v) is 6.56. The summed E-state index contributed by atoms with van der Waals surface area (Å²) in [6.45, 7) is 1.88. The lowest BCUT2D eigenvalue weighted by Gasteiger charge is -2.21. The Bertz CT molecular complexity index is 656. The van der Waals surface area contributed by atoms with Crippen LogP contribution in [0.4, 0.5) is 11.4 Å². The Morgan fingerprint density at radius 1 is 1.24 bits per heavy atom. The van der Waals surface area contributed by atoms with Crippen LogP contribution in [0.2, 0.25) is 0 Å². The van der Waals surface area contributed by atoms with E-state index in [2.05, 4.69) is 5.43 Å². The average molecular weight is 285 g/mol. The molecule has 0 aromatic heterocycles. The average Bonchev–Trinajstić information content (AvgIpc) is 2.53. The summed E-state index contributed by atoms with van der Waals surface area (Å²) in [5.41, 5.74) is 5.55. The van der Waals surface area contributed by atoms with Crippen molar-refractivity contribution in [2.75, 3.05) is 24.5 Å². The van der Waals surface area contributed by atoms with Crippen molar-refractivity contribution in [2.45, 2.75) is 6.92 Å². The molecule has 110 valence electrons. The molecule has 0 bridgehead atoms. The number of nitrogens with one attached hydrogen (secondary N) is 1. The Morgan fingerprint density at radius 2 is 1.95 bits per heavy atom. The number of nitrogens with two attached hydrogens (primary N) is 1. The van der Waals surface area contributed by atoms with E-state index in [1.54, 1.807) is 31.2 Å². The van der Waals surface area contributed by atoms with Gasteiger partial charge in [0.2, 0.25) is 0 Å². The van der Waals surface area contributed by atoms with E-state index in [-0.39, 0.29) is 5.91 Å². The Hall–Kier alpha value is -2.53. The predicted molar refractivity (Wildman–Crippen MR) is 84.7 cm³/mol. The van der Waals surface area contributed by atoms with Gasteiger partial charge in [-0.05, 0) is 42.8 Å². The second-order valence-electron chi connectivity index (χ2n) is 4.71. The number of rotatable bonds is 4. The molecule has 0 aliphatic heterocycles. The summed E-state index contributed by atoms with van der Waals surface area (Å²) >= 11 is 0. The summed E-state index contributed by atoms with van der Waals surface area (Å²) in [5.74, 6) is 5.93. The van der Waals surface area contributed by atoms with Crippen LogP contribution in [0.1, 0.15) is 15.9 Å². The van der Waals surface area contributed by atoms with E-state index in [9.17, 15) is 4.79 Å². The second kappa shape index (κ2) is 6.28. The molecule has 0 radical (unpaired) electrons. The first-order chi connectivity index (χ1) is 10.1. The van der Waals surface area contributed by atoms with Gasteiger partial charge in [-0.25, -0.2) is 0 Å². The third kappa shape index (κ3) is 2.98. The van der Waals surface area contributed by atoms with Gasteiger partial charge in [0.05, 0.1) is 12.8 Å². The summed E-state index contributed by atoms with van der Waals surface area (Å²) < 4.78 is 5.30. The summed E-state index contributed by atoms with van der Waals surface area (Å²) in [7, 11) is 3.32. The Labute approximate surface area is 124 Å². The van der Waals surface area contributed by atoms with E-state index in [0.29, 0.717) is 11.3 Å². The van der Waals surface area contributed by atoms with Gasteiger partial charge in [-0.1, -0.05) is 12.1 Å². The van der Waals surface area contributed by atoms with E-state index in [1.807, 2.05) is 37.3 Å². The minimum atomic E-state index is -0.0967. The maximum Gasteiger partial charge on any atom is 0.258 e. The number of carbonyl (C=O) groups is 1. The van der Waals surface area contributed by atoms with Gasteiger partial charge in [0.1, 0.15) is 5.75 Å². The third-order valence-electron chi connectivity index (χ3n) is 3.37. The molecule has 1 amide bonds. The Kier molecular flexibility index (Phi) is 4.45. The molecule has 2 aromatic rings. The number of hydrogen-bond donors (Lipinski definition) is 2. The first kappa shape index (κ1) is 14.9. The van der Waals surface area contributed by atoms with Crippen LogP contribution in [-0.2, 0) is 0 Å². The van der Waals surface area contributed by atoms with Crippen LogP contribution < -0.4 is 20.9 Å². The van der Waals surface area contributed by atoms with Crippen molar-refractivity contribution in [1.82, 2.24) is 0 Å². The van der Waals surface area contributed by atoms with Crippen molar-refractivity contribution in [3.63, 3.8) is 0 Å². The van der Waals surface area contributed by atoms with Gasteiger partial charge >= 0.3 is 0 Å². The third-order valence-corrected chi connectivity index (χ3v) is 3.37. The lowest BCUT2D eigenvalue weighted by Crippen LogP contribution is -2.27. The maximum absolute atomic E-state index is 12.7. The predicted octanol–water partition coefficient (Wildman–Crippen LogP) is 2.57. The molecule has 0 saturated carbocycles. The zero-order valence-electron chi connectivity index (χ0n) is 12.4. The molecule has 0 unspecified atom stereocenters. The highest BCUT2D eigenvalue weighted by atomic mass is 16.5. The number of nitrogens with zero attached hydrogens (tertiary/aromatic N) is 1. The van der Waals surface area contributed by atoms with Crippen molar-refractivity contribution in [3.8, 4) is 5.75 Å². The van der Waals surface area contributed by atoms with Gasteiger partial charge in [0, 0.05) is 18.3 Å². The zero-order chi connectivity index (χ0) is 15.4. The molecule has 0 aliphatic rings. The van der Waals surface area contributed by atoms with Gasteiger partial charge in [0.25, 0.3) is 5.91 Å². The van der Waals surface area contributed by atoms with Gasteiger partial charge in [0.15, 0.2) is 0 Å². The lowest BCUT2D eigenvalue weighted by atomic mass is 10.1. The minimum Gasteiger partial charge on any atom is -0.495 e. The highest BCUT2D eigenvalue weighted by Gasteiger charge is 2.18. The summed E-state index contributed by atoms with van der Waals surface area (Å²) in [4.78, 5) is 14.2. The summed E-state index contributed by atoms with van der Waals surface area (Å²) in [6, 6.07) is 12.8. The largest absolute Gasteiger partial charge is 0.495 e. The SMILES string of the molecule is COc1ccccc1N(C)C(=O)c1ccc(NN)cc1C. The number of hydrazine groups is 1. The van der Waals surface area contributed by atoms with Crippen LogP contribution in [0.25, 0.3) is 0 Å². The fourth-order valence-electron chi connectivity index (χ4n) is 2.19. The second-order valence-corrected chi connectivity index (χ2v) is 4.71. The van der Waals surface area contributed by atoms with E-state index in [1.165, 1.54) is 0 Å². The molecule has 0 heterocycles. The van der Waals surface area contributed by atoms with E-state index in [4.69, 9.17) is 10.6 Å². The number of nitrogen functional groups attached to an aromatic ring is 1. The number of methoxy groups -OCH3 is 1. The van der Waals surface area contributed by atoms with Gasteiger partial charge in [-0.3, -0.25) is 10.6 Å². The van der Waals surface area contributed by atoms with Crippen molar-refractivity contribution in [1.29, 1.82) is 0 Å². The van der Waals surface area contributed by atoms with Crippen molar-refractivity contribution >= 4 is 17.3 Å². The molecule has 0 aliphatic carbocycles. The van der Waals surface area contributed by atoms with Crippen LogP contribution in [0.5, 0.6) is 5.75 Å². The number of anilines is 2. The number of aryl methyl sites for hydroxylation is 1. The van der Waals surface area contributed by atoms with Crippen LogP contribution in [-0.4, -0.2) is 20.1 Å². The number of hydrogen-bond acceptors (Lipinski definition) is 4. The number of para-hydroxylation sites is 2. The number of ether oxygens (including phenoxy) is 1. The summed E-state index contributed by atoms with van der Waals surface area (Å²) in [5, 5.41) is 0. The smallest absolute Gasteiger partial charge is 0.258 e. The minimum absolute atomic E-state index is 0.0967. The highest BCUT2D eigenvalue weighted by Crippen LogP contribution is 2.28. The highest BCUT2D eigenvalue weighted by molar-refractivity contribution is 6.07. The van der Waals surface area contributed by atoms with Crippen LogP contribution >= 0.6 is 0 Å². The van der Waals surface area contributed by atoms with E-state index in [0.717, 1.165) is 16.9 Å². The molecule has 0 fully saturated rings. The molecule has 2 rings (SSSR count). The Balaban J connectivity index is 2.35. The molecule has 2 aromatic carbocycles. The first-order valence-electron chi connectivity index (χ1n) is 6.56. The Morgan fingerprint density at radius 3 is 2.57 bits per heavy atom. The van der Waals surface area contributed by atoms with E-state index >= 15 is 0 Å². The van der Waals surface area contributed by atoms with Gasteiger partial charge < -0.3 is 15.1 Å². The van der Waals surface area contributed by atoms with Crippen LogP contribution in [0, 0.1) is 6.92 Å². The maximum atomic E-state index is 12.7. The van der Waals surface area contributed by atoms with Crippen molar-refractivity contribution in [3.05, 3.63) is 53.6 Å². The molecule has 0 saturated heterocycles. The lowest BCUT2D eigenvalue weighted by molar-refractivity contribution is 0.0992. The summed E-state index contributed by atoms with van der Waals surface area (Å²) in [6.07, 6.45) is 0. The normalized spacial score (nSPS) is 10.1. The molecule has 21 heavy (non-hydrogen) atoms. The molecular formula is C16H19N3O2. The van der Waals surface area contributed by atoms with Crippen LogP contribution in [0.3, 0.4) is 0 Å². The standard InChI is InChI=1S/C16H19N3O2/c1-11-10-12(18-17)8-9-13(11)16(20)19(2)14-6-4-5-7-15(14)21-3/h4-10,18H,17H2,1-3H3. The molecule has 5 heteroatoms.